The maximum Gasteiger partial charge on any atom is 0.249 e. The second-order valence-electron chi connectivity index (χ2n) is 7.36. The van der Waals surface area contributed by atoms with Crippen molar-refractivity contribution < 1.29 is 14.4 Å². The molecule has 2 fully saturated rings. The molecule has 30 heavy (non-hydrogen) atoms. The van der Waals surface area contributed by atoms with E-state index in [1.165, 1.54) is 30.2 Å². The van der Waals surface area contributed by atoms with Crippen molar-refractivity contribution in [1.82, 2.24) is 9.80 Å². The van der Waals surface area contributed by atoms with Gasteiger partial charge in [0.25, 0.3) is 0 Å². The highest BCUT2D eigenvalue weighted by atomic mass is 32.2. The largest absolute Gasteiger partial charge is 0.366 e. The predicted molar refractivity (Wildman–Crippen MR) is 118 cm³/mol. The van der Waals surface area contributed by atoms with Gasteiger partial charge in [-0.3, -0.25) is 14.4 Å². The minimum atomic E-state index is -0.495. The van der Waals surface area contributed by atoms with Crippen LogP contribution in [0.25, 0.3) is 0 Å². The molecule has 0 radical (unpaired) electrons. The highest BCUT2D eigenvalue weighted by Gasteiger charge is 2.22. The van der Waals surface area contributed by atoms with E-state index in [-0.39, 0.29) is 11.7 Å². The summed E-state index contributed by atoms with van der Waals surface area (Å²) in [6.07, 6.45) is 3.62. The van der Waals surface area contributed by atoms with Gasteiger partial charge >= 0.3 is 0 Å². The van der Waals surface area contributed by atoms with Crippen LogP contribution in [0.5, 0.6) is 0 Å². The van der Waals surface area contributed by atoms with Gasteiger partial charge in [-0.05, 0) is 36.5 Å². The first-order valence-electron chi connectivity index (χ1n) is 10.1. The van der Waals surface area contributed by atoms with E-state index in [9.17, 15) is 14.4 Å². The summed E-state index contributed by atoms with van der Waals surface area (Å²) in [5, 5.41) is 0. The number of thioether (sulfide) groups is 1. The Morgan fingerprint density at radius 1 is 0.967 bits per heavy atom. The first kappa shape index (κ1) is 21.9. The Bertz CT molecular complexity index is 863. The summed E-state index contributed by atoms with van der Waals surface area (Å²) in [4.78, 5) is 38.2. The van der Waals surface area contributed by atoms with Gasteiger partial charge in [-0.15, -0.1) is 11.8 Å². The topological polar surface area (TPSA) is 83.7 Å². The normalized spacial score (nSPS) is 15.7. The number of rotatable bonds is 6. The van der Waals surface area contributed by atoms with Crippen molar-refractivity contribution in [3.63, 3.8) is 0 Å². The molecule has 1 saturated heterocycles. The molecule has 3 amide bonds. The summed E-state index contributed by atoms with van der Waals surface area (Å²) in [6.45, 7) is 2.24. The number of hydrogen-bond donors (Lipinski definition) is 1. The predicted octanol–water partition coefficient (Wildman–Crippen LogP) is 2.74. The van der Waals surface area contributed by atoms with Crippen molar-refractivity contribution >= 4 is 30.0 Å². The number of primary amides is 1. The molecule has 1 aliphatic carbocycles. The Hall–Kier alpha value is -2.80. The highest BCUT2D eigenvalue weighted by molar-refractivity contribution is 8.00. The zero-order valence-electron chi connectivity index (χ0n) is 16.9. The fourth-order valence-corrected chi connectivity index (χ4v) is 4.21. The van der Waals surface area contributed by atoms with Gasteiger partial charge in [0.2, 0.25) is 18.2 Å². The van der Waals surface area contributed by atoms with E-state index in [1.807, 2.05) is 6.07 Å². The fraction of sp³-hybridized carbons (Fsp3) is 0.348. The van der Waals surface area contributed by atoms with Crippen molar-refractivity contribution in [1.29, 1.82) is 0 Å². The minimum absolute atomic E-state index is 0.00447. The molecule has 0 aromatic heterocycles. The van der Waals surface area contributed by atoms with Crippen molar-refractivity contribution in [2.45, 2.75) is 23.7 Å². The molecule has 158 valence electrons. The van der Waals surface area contributed by atoms with Crippen LogP contribution >= 0.6 is 11.8 Å². The molecule has 0 bridgehead atoms. The van der Waals surface area contributed by atoms with Crippen molar-refractivity contribution in [3.05, 3.63) is 65.7 Å². The van der Waals surface area contributed by atoms with Gasteiger partial charge in [-0.2, -0.15) is 0 Å². The third kappa shape index (κ3) is 6.35. The number of hydrogen-bond acceptors (Lipinski definition) is 4. The van der Waals surface area contributed by atoms with E-state index in [1.54, 1.807) is 28.0 Å². The summed E-state index contributed by atoms with van der Waals surface area (Å²) >= 11 is 1.31. The van der Waals surface area contributed by atoms with Crippen LogP contribution in [0.1, 0.15) is 34.7 Å². The molecule has 1 saturated carbocycles. The average Bonchev–Trinajstić information content (AvgIpc) is 3.64. The lowest BCUT2D eigenvalue weighted by atomic mass is 10.1. The number of amides is 3. The van der Waals surface area contributed by atoms with Gasteiger partial charge in [0.15, 0.2) is 0 Å². The van der Waals surface area contributed by atoms with Gasteiger partial charge in [0.1, 0.15) is 0 Å². The van der Waals surface area contributed by atoms with Crippen molar-refractivity contribution in [2.24, 2.45) is 5.73 Å². The molecule has 2 N–H and O–H groups in total. The first-order chi connectivity index (χ1) is 14.6. The van der Waals surface area contributed by atoms with E-state index in [0.717, 1.165) is 12.3 Å². The van der Waals surface area contributed by atoms with E-state index in [4.69, 9.17) is 5.73 Å². The number of nitrogens with two attached hydrogens (primary N) is 1. The number of carbonyl (C=O) groups excluding carboxylic acids is 3. The summed E-state index contributed by atoms with van der Waals surface area (Å²) < 4.78 is 0. The lowest BCUT2D eigenvalue weighted by Crippen LogP contribution is -2.48. The van der Waals surface area contributed by atoms with Gasteiger partial charge in [0.05, 0.1) is 11.3 Å². The number of piperazine rings is 1. The van der Waals surface area contributed by atoms with Gasteiger partial charge < -0.3 is 15.5 Å². The molecule has 2 aliphatic rings. The van der Waals surface area contributed by atoms with Crippen LogP contribution in [0, 0.1) is 0 Å². The number of nitrogens with zero attached hydrogens (tertiary/aromatic N) is 2. The Balaban J connectivity index is 0.000000234. The molecule has 0 spiro atoms. The Morgan fingerprint density at radius 2 is 1.60 bits per heavy atom. The van der Waals surface area contributed by atoms with Crippen LogP contribution in [0.3, 0.4) is 0 Å². The van der Waals surface area contributed by atoms with Crippen LogP contribution in [0.2, 0.25) is 0 Å². The maximum absolute atomic E-state index is 12.1. The van der Waals surface area contributed by atoms with Crippen LogP contribution in [0.15, 0.2) is 59.5 Å². The smallest absolute Gasteiger partial charge is 0.249 e. The second-order valence-corrected chi connectivity index (χ2v) is 8.37. The van der Waals surface area contributed by atoms with Crippen LogP contribution in [-0.4, -0.2) is 60.0 Å². The zero-order chi connectivity index (χ0) is 21.3. The maximum atomic E-state index is 12.1. The molecule has 7 heteroatoms. The monoisotopic (exact) mass is 425 g/mol. The van der Waals surface area contributed by atoms with E-state index in [2.05, 4.69) is 30.3 Å². The molecule has 0 atom stereocenters. The van der Waals surface area contributed by atoms with E-state index >= 15 is 0 Å². The second kappa shape index (κ2) is 10.8. The minimum Gasteiger partial charge on any atom is -0.366 e. The van der Waals surface area contributed by atoms with Crippen molar-refractivity contribution in [2.75, 3.05) is 31.9 Å². The van der Waals surface area contributed by atoms with Gasteiger partial charge in [-0.1, -0.05) is 42.5 Å². The van der Waals surface area contributed by atoms with Crippen molar-refractivity contribution in [3.8, 4) is 0 Å². The fourth-order valence-electron chi connectivity index (χ4n) is 3.25. The molecule has 4 rings (SSSR count). The SMILES string of the molecule is NC(=O)c1ccccc1SCC(=O)N1CCN(C=O)CC1.c1ccc(C2CC2)cc1. The first-order valence-corrected chi connectivity index (χ1v) is 11.1. The third-order valence-electron chi connectivity index (χ3n) is 5.17. The lowest BCUT2D eigenvalue weighted by molar-refractivity contribution is -0.132. The Labute approximate surface area is 181 Å². The van der Waals surface area contributed by atoms with E-state index < -0.39 is 5.91 Å². The zero-order valence-corrected chi connectivity index (χ0v) is 17.7. The molecule has 6 nitrogen and oxygen atoms in total. The Kier molecular flexibility index (Phi) is 7.90. The van der Waals surface area contributed by atoms with Gasteiger partial charge in [0, 0.05) is 31.1 Å². The molecule has 2 aromatic carbocycles. The lowest BCUT2D eigenvalue weighted by Gasteiger charge is -2.32. The molecule has 2 aromatic rings. The quantitative estimate of drug-likeness (QED) is 0.570. The Morgan fingerprint density at radius 3 is 2.20 bits per heavy atom. The molecule has 1 aliphatic heterocycles. The summed E-state index contributed by atoms with van der Waals surface area (Å²) in [7, 11) is 0. The summed E-state index contributed by atoms with van der Waals surface area (Å²) in [5.41, 5.74) is 7.27. The van der Waals surface area contributed by atoms with E-state index in [0.29, 0.717) is 36.6 Å². The van der Waals surface area contributed by atoms with Crippen LogP contribution < -0.4 is 5.73 Å². The van der Waals surface area contributed by atoms with Crippen LogP contribution in [-0.2, 0) is 9.59 Å². The number of benzene rings is 2. The highest BCUT2D eigenvalue weighted by Crippen LogP contribution is 2.39. The number of carbonyl (C=O) groups is 3. The molecule has 0 unspecified atom stereocenters. The van der Waals surface area contributed by atoms with Gasteiger partial charge in [-0.25, -0.2) is 0 Å². The summed E-state index contributed by atoms with van der Waals surface area (Å²) in [6, 6.07) is 17.7. The molecular weight excluding hydrogens is 398 g/mol. The molecule has 1 heterocycles. The van der Waals surface area contributed by atoms with Crippen LogP contribution in [0.4, 0.5) is 0 Å². The average molecular weight is 426 g/mol. The third-order valence-corrected chi connectivity index (χ3v) is 6.23. The summed E-state index contributed by atoms with van der Waals surface area (Å²) in [5.74, 6) is 0.673. The standard InChI is InChI=1S/C14H17N3O3S.C9H10/c15-14(20)11-3-1-2-4-12(11)21-9-13(19)17-7-5-16(10-18)6-8-17;1-2-4-8(5-3-1)9-6-7-9/h1-4,10H,5-9H2,(H2,15,20);1-5,9H,6-7H2. The molecular formula is C23H27N3O3S.